The van der Waals surface area contributed by atoms with Crippen molar-refractivity contribution in [3.8, 4) is 5.75 Å². The maximum atomic E-state index is 12.9. The highest BCUT2D eigenvalue weighted by atomic mass is 35.5. The van der Waals surface area contributed by atoms with E-state index in [1.807, 2.05) is 0 Å². The number of amides is 2. The highest BCUT2D eigenvalue weighted by molar-refractivity contribution is 6.31. The number of likely N-dealkylation sites (tertiary alicyclic amines) is 1. The van der Waals surface area contributed by atoms with Crippen molar-refractivity contribution in [1.29, 1.82) is 0 Å². The standard InChI is InChI=1S/C17H19ClN4O3/c1-21-9-7-15(20-21)19-16(23)13-4-3-8-22(13)17(24)12-10-11(18)5-6-14(12)25-2/h5-7,9-10,13H,3-4,8H2,1-2H3,(H,19,20,23)/t13-/m0/s1. The van der Waals surface area contributed by atoms with Gasteiger partial charge in [-0.3, -0.25) is 14.3 Å². The summed E-state index contributed by atoms with van der Waals surface area (Å²) >= 11 is 6.02. The number of anilines is 1. The molecule has 1 aliphatic heterocycles. The summed E-state index contributed by atoms with van der Waals surface area (Å²) in [5.74, 6) is 0.390. The normalized spacial score (nSPS) is 16.8. The van der Waals surface area contributed by atoms with Crippen molar-refractivity contribution in [2.45, 2.75) is 18.9 Å². The fraction of sp³-hybridized carbons (Fsp3) is 0.353. The van der Waals surface area contributed by atoms with Gasteiger partial charge in [0.15, 0.2) is 5.82 Å². The Balaban J connectivity index is 1.80. The van der Waals surface area contributed by atoms with Crippen LogP contribution in [0.15, 0.2) is 30.5 Å². The molecule has 0 saturated carbocycles. The predicted molar refractivity (Wildman–Crippen MR) is 93.9 cm³/mol. The van der Waals surface area contributed by atoms with Gasteiger partial charge in [-0.1, -0.05) is 11.6 Å². The van der Waals surface area contributed by atoms with Crippen molar-refractivity contribution in [2.75, 3.05) is 19.0 Å². The van der Waals surface area contributed by atoms with Crippen LogP contribution in [-0.4, -0.2) is 46.2 Å². The molecule has 1 aliphatic rings. The molecule has 0 unspecified atom stereocenters. The second-order valence-electron chi connectivity index (χ2n) is 5.87. The number of carbonyl (C=O) groups excluding carboxylic acids is 2. The summed E-state index contributed by atoms with van der Waals surface area (Å²) in [4.78, 5) is 27.1. The highest BCUT2D eigenvalue weighted by Gasteiger charge is 2.35. The second-order valence-corrected chi connectivity index (χ2v) is 6.30. The summed E-state index contributed by atoms with van der Waals surface area (Å²) in [6.45, 7) is 0.509. The van der Waals surface area contributed by atoms with Gasteiger partial charge in [0.05, 0.1) is 12.7 Å². The minimum Gasteiger partial charge on any atom is -0.496 e. The van der Waals surface area contributed by atoms with Gasteiger partial charge in [0, 0.05) is 30.9 Å². The molecule has 7 nitrogen and oxygen atoms in total. The molecule has 0 aliphatic carbocycles. The fourth-order valence-electron chi connectivity index (χ4n) is 2.98. The Kier molecular flexibility index (Phi) is 4.94. The molecule has 132 valence electrons. The van der Waals surface area contributed by atoms with Crippen molar-refractivity contribution in [3.05, 3.63) is 41.0 Å². The van der Waals surface area contributed by atoms with Crippen LogP contribution in [0.1, 0.15) is 23.2 Å². The molecule has 25 heavy (non-hydrogen) atoms. The minimum atomic E-state index is -0.543. The van der Waals surface area contributed by atoms with Gasteiger partial charge in [-0.25, -0.2) is 0 Å². The number of methoxy groups -OCH3 is 1. The molecule has 2 heterocycles. The number of nitrogens with zero attached hydrogens (tertiary/aromatic N) is 3. The number of halogens is 1. The number of carbonyl (C=O) groups is 2. The minimum absolute atomic E-state index is 0.245. The van der Waals surface area contributed by atoms with E-state index in [9.17, 15) is 9.59 Å². The van der Waals surface area contributed by atoms with Crippen LogP contribution in [0.4, 0.5) is 5.82 Å². The largest absolute Gasteiger partial charge is 0.496 e. The topological polar surface area (TPSA) is 76.5 Å². The van der Waals surface area contributed by atoms with Gasteiger partial charge in [0.1, 0.15) is 11.8 Å². The van der Waals surface area contributed by atoms with Crippen molar-refractivity contribution < 1.29 is 14.3 Å². The first-order valence-electron chi connectivity index (χ1n) is 7.94. The Labute approximate surface area is 150 Å². The lowest BCUT2D eigenvalue weighted by molar-refractivity contribution is -0.119. The molecule has 1 saturated heterocycles. The van der Waals surface area contributed by atoms with Gasteiger partial charge in [0.2, 0.25) is 5.91 Å². The summed E-state index contributed by atoms with van der Waals surface area (Å²) in [6, 6.07) is 6.03. The fourth-order valence-corrected chi connectivity index (χ4v) is 3.15. The molecule has 0 spiro atoms. The quantitative estimate of drug-likeness (QED) is 0.905. The van der Waals surface area contributed by atoms with E-state index in [2.05, 4.69) is 10.4 Å². The third kappa shape index (κ3) is 3.61. The zero-order chi connectivity index (χ0) is 18.0. The molecule has 1 atom stereocenters. The molecule has 0 bridgehead atoms. The Morgan fingerprint density at radius 1 is 1.36 bits per heavy atom. The van der Waals surface area contributed by atoms with Gasteiger partial charge >= 0.3 is 0 Å². The molecule has 1 fully saturated rings. The Hall–Kier alpha value is -2.54. The molecular formula is C17H19ClN4O3. The van der Waals surface area contributed by atoms with E-state index in [0.29, 0.717) is 35.1 Å². The van der Waals surface area contributed by atoms with Gasteiger partial charge in [-0.05, 0) is 31.0 Å². The van der Waals surface area contributed by atoms with E-state index >= 15 is 0 Å². The molecule has 1 aromatic heterocycles. The second kappa shape index (κ2) is 7.14. The monoisotopic (exact) mass is 362 g/mol. The zero-order valence-electron chi connectivity index (χ0n) is 14.0. The number of nitrogens with one attached hydrogen (secondary N) is 1. The zero-order valence-corrected chi connectivity index (χ0v) is 14.8. The van der Waals surface area contributed by atoms with Crippen molar-refractivity contribution in [3.63, 3.8) is 0 Å². The Bertz CT molecular complexity index is 805. The van der Waals surface area contributed by atoms with E-state index in [0.717, 1.165) is 6.42 Å². The molecule has 3 rings (SSSR count). The third-order valence-corrected chi connectivity index (χ3v) is 4.41. The molecule has 8 heteroatoms. The summed E-state index contributed by atoms with van der Waals surface area (Å²) in [5.41, 5.74) is 0.354. The van der Waals surface area contributed by atoms with Gasteiger partial charge in [-0.15, -0.1) is 0 Å². The van der Waals surface area contributed by atoms with Gasteiger partial charge in [0.25, 0.3) is 5.91 Å². The number of ether oxygens (including phenoxy) is 1. The first-order valence-corrected chi connectivity index (χ1v) is 8.32. The highest BCUT2D eigenvalue weighted by Crippen LogP contribution is 2.28. The van der Waals surface area contributed by atoms with Crippen LogP contribution in [0.5, 0.6) is 5.75 Å². The summed E-state index contributed by atoms with van der Waals surface area (Å²) < 4.78 is 6.86. The first kappa shape index (κ1) is 17.3. The lowest BCUT2D eigenvalue weighted by Gasteiger charge is -2.24. The summed E-state index contributed by atoms with van der Waals surface area (Å²) in [5, 5.41) is 7.33. The predicted octanol–water partition coefficient (Wildman–Crippen LogP) is 2.33. The Morgan fingerprint density at radius 2 is 2.16 bits per heavy atom. The Morgan fingerprint density at radius 3 is 2.84 bits per heavy atom. The van der Waals surface area contributed by atoms with Crippen LogP contribution in [0.25, 0.3) is 0 Å². The average molecular weight is 363 g/mol. The van der Waals surface area contributed by atoms with Crippen molar-refractivity contribution >= 4 is 29.2 Å². The molecule has 1 N–H and O–H groups in total. The number of aryl methyl sites for hydroxylation is 1. The van der Waals surface area contributed by atoms with E-state index < -0.39 is 6.04 Å². The molecule has 2 aromatic rings. The smallest absolute Gasteiger partial charge is 0.258 e. The third-order valence-electron chi connectivity index (χ3n) is 4.17. The number of hydrogen-bond acceptors (Lipinski definition) is 4. The summed E-state index contributed by atoms with van der Waals surface area (Å²) in [6.07, 6.45) is 3.10. The average Bonchev–Trinajstić information content (AvgIpc) is 3.23. The van der Waals surface area contributed by atoms with Crippen LogP contribution >= 0.6 is 11.6 Å². The van der Waals surface area contributed by atoms with Crippen molar-refractivity contribution in [2.24, 2.45) is 7.05 Å². The molecular weight excluding hydrogens is 344 g/mol. The van der Waals surface area contributed by atoms with E-state index in [4.69, 9.17) is 16.3 Å². The van der Waals surface area contributed by atoms with Crippen LogP contribution in [0, 0.1) is 0 Å². The molecule has 2 amide bonds. The SMILES string of the molecule is COc1ccc(Cl)cc1C(=O)N1CCC[C@H]1C(=O)Nc1ccn(C)n1. The van der Waals surface area contributed by atoms with Gasteiger partial charge < -0.3 is 15.0 Å². The maximum Gasteiger partial charge on any atom is 0.258 e. The lowest BCUT2D eigenvalue weighted by atomic mass is 10.1. The van der Waals surface area contributed by atoms with Gasteiger partial charge in [-0.2, -0.15) is 5.10 Å². The van der Waals surface area contributed by atoms with E-state index in [1.165, 1.54) is 7.11 Å². The molecule has 1 aromatic carbocycles. The van der Waals surface area contributed by atoms with Crippen LogP contribution < -0.4 is 10.1 Å². The summed E-state index contributed by atoms with van der Waals surface area (Å²) in [7, 11) is 3.27. The van der Waals surface area contributed by atoms with E-state index in [1.54, 1.807) is 47.1 Å². The van der Waals surface area contributed by atoms with Crippen LogP contribution in [0.2, 0.25) is 5.02 Å². The number of benzene rings is 1. The number of rotatable bonds is 4. The lowest BCUT2D eigenvalue weighted by Crippen LogP contribution is -2.43. The molecule has 0 radical (unpaired) electrons. The van der Waals surface area contributed by atoms with Crippen LogP contribution in [-0.2, 0) is 11.8 Å². The van der Waals surface area contributed by atoms with Crippen LogP contribution in [0.3, 0.4) is 0 Å². The number of aromatic nitrogens is 2. The maximum absolute atomic E-state index is 12.9. The first-order chi connectivity index (χ1) is 12.0. The van der Waals surface area contributed by atoms with Crippen molar-refractivity contribution in [1.82, 2.24) is 14.7 Å². The number of hydrogen-bond donors (Lipinski definition) is 1. The van der Waals surface area contributed by atoms with E-state index in [-0.39, 0.29) is 11.8 Å².